The average Bonchev–Trinajstić information content (AvgIpc) is 2.61. The van der Waals surface area contributed by atoms with Gasteiger partial charge in [-0.2, -0.15) is 0 Å². The second-order valence-electron chi connectivity index (χ2n) is 5.34. The Morgan fingerprint density at radius 2 is 1.61 bits per heavy atom. The molecule has 0 radical (unpaired) electrons. The van der Waals surface area contributed by atoms with E-state index >= 15 is 0 Å². The van der Waals surface area contributed by atoms with Gasteiger partial charge in [0.25, 0.3) is 0 Å². The predicted molar refractivity (Wildman–Crippen MR) is 95.1 cm³/mol. The van der Waals surface area contributed by atoms with E-state index in [2.05, 4.69) is 53.3 Å². The number of aromatic nitrogens is 1. The minimum absolute atomic E-state index is 0.106. The summed E-state index contributed by atoms with van der Waals surface area (Å²) in [5.74, 6) is 7.38. The Balaban J connectivity index is 1.90. The van der Waals surface area contributed by atoms with E-state index in [0.717, 1.165) is 16.9 Å². The molecule has 1 N–H and O–H groups in total. The lowest BCUT2D eigenvalue weighted by molar-refractivity contribution is 0.999. The Labute approximate surface area is 137 Å². The van der Waals surface area contributed by atoms with Gasteiger partial charge in [0, 0.05) is 11.8 Å². The van der Waals surface area contributed by atoms with Gasteiger partial charge in [0.1, 0.15) is 11.9 Å². The first-order chi connectivity index (χ1) is 11.3. The molecule has 3 rings (SSSR count). The maximum atomic E-state index is 4.34. The molecule has 0 amide bonds. The third-order valence-electron chi connectivity index (χ3n) is 3.50. The molecular weight excluding hydrogens is 280 g/mol. The van der Waals surface area contributed by atoms with Crippen LogP contribution in [0.4, 0.5) is 5.82 Å². The largest absolute Gasteiger partial charge is 0.353 e. The average molecular weight is 298 g/mol. The van der Waals surface area contributed by atoms with Gasteiger partial charge < -0.3 is 5.32 Å². The molecule has 0 fully saturated rings. The number of hydrogen-bond donors (Lipinski definition) is 1. The summed E-state index contributed by atoms with van der Waals surface area (Å²) >= 11 is 0. The first-order valence-corrected chi connectivity index (χ1v) is 7.62. The van der Waals surface area contributed by atoms with Crippen LogP contribution in [0.1, 0.15) is 22.7 Å². The lowest BCUT2D eigenvalue weighted by Gasteiger charge is -2.14. The van der Waals surface area contributed by atoms with Crippen LogP contribution < -0.4 is 5.32 Å². The molecule has 2 heteroatoms. The third-order valence-corrected chi connectivity index (χ3v) is 3.50. The molecule has 1 atom stereocenters. The van der Waals surface area contributed by atoms with Crippen LogP contribution in [0.3, 0.4) is 0 Å². The monoisotopic (exact) mass is 298 g/mol. The lowest BCUT2D eigenvalue weighted by Crippen LogP contribution is -2.09. The van der Waals surface area contributed by atoms with Crippen LogP contribution in [0, 0.1) is 18.8 Å². The third kappa shape index (κ3) is 4.21. The first kappa shape index (κ1) is 14.9. The fourth-order valence-electron chi connectivity index (χ4n) is 2.23. The van der Waals surface area contributed by atoms with Crippen LogP contribution in [0.2, 0.25) is 0 Å². The number of hydrogen-bond acceptors (Lipinski definition) is 2. The van der Waals surface area contributed by atoms with E-state index in [1.807, 2.05) is 48.5 Å². The SMILES string of the molecule is Cc1ccc(C(C#Cc2ccccc2)Nc2ccccn2)cc1. The van der Waals surface area contributed by atoms with E-state index in [4.69, 9.17) is 0 Å². The van der Waals surface area contributed by atoms with Gasteiger partial charge in [0.15, 0.2) is 0 Å². The van der Waals surface area contributed by atoms with E-state index in [-0.39, 0.29) is 6.04 Å². The van der Waals surface area contributed by atoms with Gasteiger partial charge in [-0.1, -0.05) is 65.9 Å². The Hall–Kier alpha value is -3.05. The first-order valence-electron chi connectivity index (χ1n) is 7.62. The number of benzene rings is 2. The quantitative estimate of drug-likeness (QED) is 0.715. The Morgan fingerprint density at radius 3 is 2.30 bits per heavy atom. The number of nitrogens with one attached hydrogen (secondary N) is 1. The van der Waals surface area contributed by atoms with E-state index in [1.54, 1.807) is 6.20 Å². The van der Waals surface area contributed by atoms with Gasteiger partial charge in [0.05, 0.1) is 0 Å². The topological polar surface area (TPSA) is 24.9 Å². The molecule has 1 unspecified atom stereocenters. The maximum absolute atomic E-state index is 4.34. The van der Waals surface area contributed by atoms with Crippen molar-refractivity contribution in [1.82, 2.24) is 4.98 Å². The van der Waals surface area contributed by atoms with Gasteiger partial charge in [-0.25, -0.2) is 4.98 Å². The van der Waals surface area contributed by atoms with Crippen LogP contribution in [0.25, 0.3) is 0 Å². The summed E-state index contributed by atoms with van der Waals surface area (Å²) in [5.41, 5.74) is 3.37. The van der Waals surface area contributed by atoms with Crippen LogP contribution in [-0.4, -0.2) is 4.98 Å². The van der Waals surface area contributed by atoms with Crippen molar-refractivity contribution in [2.24, 2.45) is 0 Å². The molecule has 0 bridgehead atoms. The molecule has 3 aromatic rings. The van der Waals surface area contributed by atoms with E-state index in [0.29, 0.717) is 0 Å². The van der Waals surface area contributed by atoms with E-state index in [9.17, 15) is 0 Å². The summed E-state index contributed by atoms with van der Waals surface area (Å²) in [6, 6.07) is 24.2. The fraction of sp³-hybridized carbons (Fsp3) is 0.0952. The predicted octanol–water partition coefficient (Wildman–Crippen LogP) is 4.59. The molecule has 0 aliphatic carbocycles. The number of rotatable bonds is 3. The highest BCUT2D eigenvalue weighted by Gasteiger charge is 2.08. The molecule has 2 nitrogen and oxygen atoms in total. The maximum Gasteiger partial charge on any atom is 0.127 e. The summed E-state index contributed by atoms with van der Waals surface area (Å²) in [4.78, 5) is 4.34. The number of nitrogens with zero attached hydrogens (tertiary/aromatic N) is 1. The number of aryl methyl sites for hydroxylation is 1. The molecule has 0 spiro atoms. The Bertz CT molecular complexity index is 797. The Kier molecular flexibility index (Phi) is 4.71. The highest BCUT2D eigenvalue weighted by Crippen LogP contribution is 2.18. The van der Waals surface area contributed by atoms with Crippen LogP contribution in [0.15, 0.2) is 79.0 Å². The van der Waals surface area contributed by atoms with Crippen molar-refractivity contribution in [2.75, 3.05) is 5.32 Å². The molecule has 0 aliphatic rings. The van der Waals surface area contributed by atoms with Crippen molar-refractivity contribution in [3.63, 3.8) is 0 Å². The molecule has 0 aliphatic heterocycles. The summed E-state index contributed by atoms with van der Waals surface area (Å²) < 4.78 is 0. The fourth-order valence-corrected chi connectivity index (χ4v) is 2.23. The van der Waals surface area contributed by atoms with Crippen LogP contribution in [-0.2, 0) is 0 Å². The second-order valence-corrected chi connectivity index (χ2v) is 5.34. The second kappa shape index (κ2) is 7.29. The highest BCUT2D eigenvalue weighted by atomic mass is 15.0. The number of pyridine rings is 1. The molecule has 112 valence electrons. The molecule has 1 aromatic heterocycles. The lowest BCUT2D eigenvalue weighted by atomic mass is 10.0. The van der Waals surface area contributed by atoms with Gasteiger partial charge in [-0.3, -0.25) is 0 Å². The molecule has 23 heavy (non-hydrogen) atoms. The molecular formula is C21H18N2. The van der Waals surface area contributed by atoms with Crippen LogP contribution in [0.5, 0.6) is 0 Å². The molecule has 2 aromatic carbocycles. The standard InChI is InChI=1S/C21H18N2/c1-17-10-13-19(14-11-17)20(23-21-9-5-6-16-22-21)15-12-18-7-3-2-4-8-18/h2-11,13-14,16,20H,1H3,(H,22,23). The molecule has 0 saturated carbocycles. The van der Waals surface area contributed by atoms with Gasteiger partial charge in [-0.15, -0.1) is 0 Å². The van der Waals surface area contributed by atoms with Crippen molar-refractivity contribution >= 4 is 5.82 Å². The van der Waals surface area contributed by atoms with Crippen molar-refractivity contribution < 1.29 is 0 Å². The van der Waals surface area contributed by atoms with E-state index in [1.165, 1.54) is 5.56 Å². The molecule has 0 saturated heterocycles. The van der Waals surface area contributed by atoms with E-state index < -0.39 is 0 Å². The summed E-state index contributed by atoms with van der Waals surface area (Å²) in [5, 5.41) is 3.40. The van der Waals surface area contributed by atoms with Crippen molar-refractivity contribution in [1.29, 1.82) is 0 Å². The summed E-state index contributed by atoms with van der Waals surface area (Å²) in [6.07, 6.45) is 1.78. The summed E-state index contributed by atoms with van der Waals surface area (Å²) in [6.45, 7) is 2.08. The Morgan fingerprint density at radius 1 is 0.870 bits per heavy atom. The normalized spacial score (nSPS) is 11.2. The summed E-state index contributed by atoms with van der Waals surface area (Å²) in [7, 11) is 0. The zero-order valence-electron chi connectivity index (χ0n) is 13.0. The molecule has 1 heterocycles. The minimum atomic E-state index is -0.106. The zero-order chi connectivity index (χ0) is 15.9. The van der Waals surface area contributed by atoms with Gasteiger partial charge in [0.2, 0.25) is 0 Å². The van der Waals surface area contributed by atoms with Crippen LogP contribution >= 0.6 is 0 Å². The number of anilines is 1. The van der Waals surface area contributed by atoms with Crippen molar-refractivity contribution in [3.05, 3.63) is 95.7 Å². The smallest absolute Gasteiger partial charge is 0.127 e. The van der Waals surface area contributed by atoms with Gasteiger partial charge in [-0.05, 0) is 36.8 Å². The highest BCUT2D eigenvalue weighted by molar-refractivity contribution is 5.45. The van der Waals surface area contributed by atoms with Crippen molar-refractivity contribution in [2.45, 2.75) is 13.0 Å². The zero-order valence-corrected chi connectivity index (χ0v) is 13.0. The minimum Gasteiger partial charge on any atom is -0.353 e. The van der Waals surface area contributed by atoms with Gasteiger partial charge >= 0.3 is 0 Å². The van der Waals surface area contributed by atoms with Crippen molar-refractivity contribution in [3.8, 4) is 11.8 Å².